The van der Waals surface area contributed by atoms with Crippen LogP contribution in [0.25, 0.3) is 0 Å². The third kappa shape index (κ3) is 4.70. The van der Waals surface area contributed by atoms with Crippen LogP contribution < -0.4 is 21.1 Å². The average Bonchev–Trinajstić information content (AvgIpc) is 2.82. The fourth-order valence-electron chi connectivity index (χ4n) is 6.03. The molecule has 0 radical (unpaired) electrons. The van der Waals surface area contributed by atoms with E-state index < -0.39 is 0 Å². The Hall–Kier alpha value is -2.84. The zero-order chi connectivity index (χ0) is 23.8. The summed E-state index contributed by atoms with van der Waals surface area (Å²) in [5, 5.41) is 6.42. The summed E-state index contributed by atoms with van der Waals surface area (Å²) < 4.78 is 1.87. The van der Waals surface area contributed by atoms with Crippen LogP contribution in [0.2, 0.25) is 5.02 Å². The van der Waals surface area contributed by atoms with Gasteiger partial charge in [0.25, 0.3) is 5.56 Å². The number of carbonyl (C=O) groups excluding carboxylic acids is 2. The van der Waals surface area contributed by atoms with E-state index in [4.69, 9.17) is 11.6 Å². The minimum absolute atomic E-state index is 0.00780. The lowest BCUT2D eigenvalue weighted by Crippen LogP contribution is -3.18. The molecule has 5 rings (SSSR count). The Morgan fingerprint density at radius 3 is 2.47 bits per heavy atom. The highest BCUT2D eigenvalue weighted by Crippen LogP contribution is 2.35. The lowest BCUT2D eigenvalue weighted by molar-refractivity contribution is -0.937. The van der Waals surface area contributed by atoms with Gasteiger partial charge in [-0.15, -0.1) is 0 Å². The average molecular weight is 485 g/mol. The number of anilines is 2. The van der Waals surface area contributed by atoms with Crippen LogP contribution in [0.4, 0.5) is 16.2 Å². The summed E-state index contributed by atoms with van der Waals surface area (Å²) in [5.74, 6) is 0.820. The second kappa shape index (κ2) is 9.43. The molecule has 3 N–H and O–H groups in total. The molecule has 4 heterocycles. The number of piperidine rings is 2. The standard InChI is InChI=1S/C25H30ClN5O3/c1-16(32)29-10-8-21(9-11-29)30-13-17-12-18(15-30)24-22(6-7-23(33)31(24)14-17)28-25(34)27-20-4-2-19(26)3-5-20/h2-7,17-18,21H,8-15H2,1H3,(H2,27,28,34)/p+1/t17-,18+/m0/s1. The van der Waals surface area contributed by atoms with Crippen molar-refractivity contribution >= 4 is 34.9 Å². The molecule has 180 valence electrons. The van der Waals surface area contributed by atoms with Gasteiger partial charge < -0.3 is 25.0 Å². The van der Waals surface area contributed by atoms with Gasteiger partial charge in [0.1, 0.15) is 0 Å². The number of urea groups is 1. The summed E-state index contributed by atoms with van der Waals surface area (Å²) in [5.41, 5.74) is 2.27. The van der Waals surface area contributed by atoms with E-state index in [0.29, 0.717) is 34.9 Å². The van der Waals surface area contributed by atoms with Gasteiger partial charge in [0.2, 0.25) is 5.91 Å². The molecule has 8 nitrogen and oxygen atoms in total. The van der Waals surface area contributed by atoms with Crippen LogP contribution in [0.5, 0.6) is 0 Å². The first kappa shape index (κ1) is 22.9. The number of fused-ring (bicyclic) bond motifs is 4. The number of likely N-dealkylation sites (tertiary alicyclic amines) is 2. The van der Waals surface area contributed by atoms with E-state index in [1.165, 1.54) is 0 Å². The monoisotopic (exact) mass is 484 g/mol. The SMILES string of the molecule is CC(=O)N1CCC([NH+]2C[C@@H]3C[C@H](C2)c2c(NC(=O)Nc4ccc(Cl)cc4)ccc(=O)n2C3)CC1. The van der Waals surface area contributed by atoms with Crippen LogP contribution in [0.1, 0.15) is 37.8 Å². The van der Waals surface area contributed by atoms with Crippen molar-refractivity contribution < 1.29 is 14.5 Å². The molecule has 2 fully saturated rings. The van der Waals surface area contributed by atoms with Crippen LogP contribution in [0.3, 0.4) is 0 Å². The molecule has 1 aromatic heterocycles. The maximum atomic E-state index is 12.7. The second-order valence-corrected chi connectivity index (χ2v) is 10.2. The molecule has 3 aliphatic heterocycles. The van der Waals surface area contributed by atoms with E-state index in [2.05, 4.69) is 10.6 Å². The summed E-state index contributed by atoms with van der Waals surface area (Å²) in [4.78, 5) is 40.7. The van der Waals surface area contributed by atoms with Gasteiger partial charge in [0.15, 0.2) is 0 Å². The van der Waals surface area contributed by atoms with E-state index in [0.717, 1.165) is 51.1 Å². The van der Waals surface area contributed by atoms with Crippen molar-refractivity contribution in [2.45, 2.75) is 44.7 Å². The van der Waals surface area contributed by atoms with E-state index in [9.17, 15) is 14.4 Å². The van der Waals surface area contributed by atoms with Crippen molar-refractivity contribution in [2.24, 2.45) is 5.92 Å². The normalized spacial score (nSPS) is 24.3. The van der Waals surface area contributed by atoms with Crippen molar-refractivity contribution in [1.82, 2.24) is 9.47 Å². The Balaban J connectivity index is 1.33. The minimum atomic E-state index is -0.345. The number of pyridine rings is 1. The molecular formula is C25H31ClN5O3+. The van der Waals surface area contributed by atoms with Crippen molar-refractivity contribution in [3.8, 4) is 0 Å². The number of quaternary nitrogens is 1. The van der Waals surface area contributed by atoms with Gasteiger partial charge >= 0.3 is 6.03 Å². The second-order valence-electron chi connectivity index (χ2n) is 9.81. The molecule has 2 aromatic rings. The summed E-state index contributed by atoms with van der Waals surface area (Å²) in [6, 6.07) is 10.4. The molecule has 9 heteroatoms. The Labute approximate surface area is 203 Å². The summed E-state index contributed by atoms with van der Waals surface area (Å²) in [6.07, 6.45) is 3.07. The largest absolute Gasteiger partial charge is 0.342 e. The molecule has 34 heavy (non-hydrogen) atoms. The maximum Gasteiger partial charge on any atom is 0.323 e. The number of amides is 3. The van der Waals surface area contributed by atoms with E-state index >= 15 is 0 Å². The molecule has 1 unspecified atom stereocenters. The summed E-state index contributed by atoms with van der Waals surface area (Å²) in [7, 11) is 0. The highest BCUT2D eigenvalue weighted by molar-refractivity contribution is 6.30. The predicted octanol–water partition coefficient (Wildman–Crippen LogP) is 2.16. The van der Waals surface area contributed by atoms with Crippen molar-refractivity contribution in [3.05, 3.63) is 57.5 Å². The smallest absolute Gasteiger partial charge is 0.323 e. The number of rotatable bonds is 3. The fraction of sp³-hybridized carbons (Fsp3) is 0.480. The van der Waals surface area contributed by atoms with E-state index in [1.807, 2.05) is 9.47 Å². The number of hydrogen-bond acceptors (Lipinski definition) is 3. The van der Waals surface area contributed by atoms with E-state index in [-0.39, 0.29) is 23.4 Å². The number of aromatic nitrogens is 1. The third-order valence-electron chi connectivity index (χ3n) is 7.60. The summed E-state index contributed by atoms with van der Waals surface area (Å²) >= 11 is 5.93. The molecule has 3 aliphatic rings. The van der Waals surface area contributed by atoms with Gasteiger partial charge in [-0.05, 0) is 36.8 Å². The highest BCUT2D eigenvalue weighted by Gasteiger charge is 2.42. The number of nitrogens with zero attached hydrogens (tertiary/aromatic N) is 2. The number of carbonyl (C=O) groups is 2. The third-order valence-corrected chi connectivity index (χ3v) is 7.85. The Kier molecular flexibility index (Phi) is 6.36. The quantitative estimate of drug-likeness (QED) is 0.624. The van der Waals surface area contributed by atoms with Crippen LogP contribution in [0, 0.1) is 5.92 Å². The molecular weight excluding hydrogens is 454 g/mol. The topological polar surface area (TPSA) is 87.9 Å². The van der Waals surface area contributed by atoms with Gasteiger partial charge in [-0.25, -0.2) is 4.79 Å². The first-order valence-corrected chi connectivity index (χ1v) is 12.4. The van der Waals surface area contributed by atoms with E-state index in [1.54, 1.807) is 48.2 Å². The molecule has 0 aliphatic carbocycles. The zero-order valence-corrected chi connectivity index (χ0v) is 20.1. The van der Waals surface area contributed by atoms with Crippen molar-refractivity contribution in [1.29, 1.82) is 0 Å². The first-order valence-electron chi connectivity index (χ1n) is 12.0. The van der Waals surface area contributed by atoms with Crippen LogP contribution >= 0.6 is 11.6 Å². The lowest BCUT2D eigenvalue weighted by Gasteiger charge is -2.45. The van der Waals surface area contributed by atoms with Gasteiger partial charge in [-0.3, -0.25) is 9.59 Å². The maximum absolute atomic E-state index is 12.7. The number of benzene rings is 1. The predicted molar refractivity (Wildman–Crippen MR) is 132 cm³/mol. The molecule has 0 saturated carbocycles. The molecule has 3 atom stereocenters. The molecule has 0 spiro atoms. The molecule has 3 amide bonds. The van der Waals surface area contributed by atoms with Crippen LogP contribution in [-0.4, -0.2) is 53.6 Å². The first-order chi connectivity index (χ1) is 16.4. The van der Waals surface area contributed by atoms with Crippen LogP contribution in [0.15, 0.2) is 41.2 Å². The Morgan fingerprint density at radius 2 is 1.76 bits per heavy atom. The zero-order valence-electron chi connectivity index (χ0n) is 19.4. The fourth-order valence-corrected chi connectivity index (χ4v) is 6.15. The van der Waals surface area contributed by atoms with Crippen molar-refractivity contribution in [2.75, 3.05) is 36.8 Å². The number of nitrogens with one attached hydrogen (secondary N) is 3. The van der Waals surface area contributed by atoms with Gasteiger partial charge in [0.05, 0.1) is 36.4 Å². The number of halogens is 1. The Morgan fingerprint density at radius 1 is 1.03 bits per heavy atom. The van der Waals surface area contributed by atoms with Crippen LogP contribution in [-0.2, 0) is 11.3 Å². The van der Waals surface area contributed by atoms with Gasteiger partial charge in [-0.2, -0.15) is 0 Å². The minimum Gasteiger partial charge on any atom is -0.342 e. The van der Waals surface area contributed by atoms with Gasteiger partial charge in [-0.1, -0.05) is 11.6 Å². The molecule has 2 saturated heterocycles. The number of hydrogen-bond donors (Lipinski definition) is 3. The summed E-state index contributed by atoms with van der Waals surface area (Å²) in [6.45, 7) is 5.98. The molecule has 1 aromatic carbocycles. The lowest BCUT2D eigenvalue weighted by atomic mass is 9.81. The van der Waals surface area contributed by atoms with Crippen molar-refractivity contribution in [3.63, 3.8) is 0 Å². The molecule has 2 bridgehead atoms. The highest BCUT2D eigenvalue weighted by atomic mass is 35.5. The van der Waals surface area contributed by atoms with Gasteiger partial charge in [0, 0.05) is 62.1 Å². The Bertz CT molecular complexity index is 1140.